The summed E-state index contributed by atoms with van der Waals surface area (Å²) in [5, 5.41) is 5.49. The number of alkyl halides is 3. The number of amides is 1. The van der Waals surface area contributed by atoms with E-state index in [1.165, 1.54) is 25.4 Å². The predicted octanol–water partition coefficient (Wildman–Crippen LogP) is 5.03. The zero-order chi connectivity index (χ0) is 22.8. The van der Waals surface area contributed by atoms with Crippen molar-refractivity contribution in [3.8, 4) is 5.75 Å². The van der Waals surface area contributed by atoms with Crippen LogP contribution in [0, 0.1) is 12.7 Å². The molecule has 0 bridgehead atoms. The number of benzene rings is 2. The van der Waals surface area contributed by atoms with E-state index in [2.05, 4.69) is 31.2 Å². The van der Waals surface area contributed by atoms with Crippen LogP contribution in [0.2, 0.25) is 0 Å². The Balaban J connectivity index is 1.88. The minimum absolute atomic E-state index is 0.0591. The van der Waals surface area contributed by atoms with Gasteiger partial charge in [-0.2, -0.15) is 13.2 Å². The van der Waals surface area contributed by atoms with Crippen LogP contribution in [0.3, 0.4) is 0 Å². The molecule has 1 amide bonds. The fraction of sp³-hybridized carbons (Fsp3) is 0.250. The second-order valence-electron chi connectivity index (χ2n) is 6.70. The first-order chi connectivity index (χ1) is 14.5. The molecule has 31 heavy (non-hydrogen) atoms. The Morgan fingerprint density at radius 3 is 2.68 bits per heavy atom. The van der Waals surface area contributed by atoms with E-state index in [9.17, 15) is 22.4 Å². The van der Waals surface area contributed by atoms with Gasteiger partial charge in [0, 0.05) is 15.9 Å². The third kappa shape index (κ3) is 5.81. The lowest BCUT2D eigenvalue weighted by atomic mass is 10.1. The summed E-state index contributed by atoms with van der Waals surface area (Å²) in [5.41, 5.74) is 1.81. The summed E-state index contributed by atoms with van der Waals surface area (Å²) in [6, 6.07) is 7.28. The standard InChI is InChI=1S/C20H17BrF4N4O2/c1-10-5-12(21)6-15-17(10)18(28-9-27-15)29-14-4-3-13(22)7-16(14)31-11(2)19(30)26-8-20(23,24)25/h3-7,9,11H,8H2,1-2H3,(H,26,30)(H,27,28,29). The molecule has 6 nitrogen and oxygen atoms in total. The van der Waals surface area contributed by atoms with Gasteiger partial charge in [0.25, 0.3) is 5.91 Å². The van der Waals surface area contributed by atoms with Gasteiger partial charge in [-0.25, -0.2) is 14.4 Å². The molecular weight excluding hydrogens is 484 g/mol. The monoisotopic (exact) mass is 500 g/mol. The number of aryl methyl sites for hydroxylation is 1. The Hall–Kier alpha value is -2.95. The van der Waals surface area contributed by atoms with Crippen LogP contribution in [0.4, 0.5) is 29.1 Å². The van der Waals surface area contributed by atoms with Crippen LogP contribution < -0.4 is 15.4 Å². The van der Waals surface area contributed by atoms with Crippen molar-refractivity contribution in [2.24, 2.45) is 0 Å². The van der Waals surface area contributed by atoms with Crippen LogP contribution >= 0.6 is 15.9 Å². The number of carbonyl (C=O) groups excluding carboxylic acids is 1. The topological polar surface area (TPSA) is 76.1 Å². The van der Waals surface area contributed by atoms with Crippen LogP contribution in [0.15, 0.2) is 41.1 Å². The molecule has 0 radical (unpaired) electrons. The Kier molecular flexibility index (Phi) is 6.63. The summed E-state index contributed by atoms with van der Waals surface area (Å²) < 4.78 is 57.1. The van der Waals surface area contributed by atoms with Gasteiger partial charge in [-0.1, -0.05) is 15.9 Å². The number of hydrogen-bond donors (Lipinski definition) is 2. The van der Waals surface area contributed by atoms with Gasteiger partial charge < -0.3 is 15.4 Å². The number of hydrogen-bond acceptors (Lipinski definition) is 5. The van der Waals surface area contributed by atoms with Crippen molar-refractivity contribution in [3.05, 3.63) is 52.5 Å². The zero-order valence-corrected chi connectivity index (χ0v) is 17.9. The van der Waals surface area contributed by atoms with Crippen molar-refractivity contribution in [2.75, 3.05) is 11.9 Å². The van der Waals surface area contributed by atoms with E-state index in [-0.39, 0.29) is 11.4 Å². The highest BCUT2D eigenvalue weighted by atomic mass is 79.9. The van der Waals surface area contributed by atoms with Crippen LogP contribution in [0.25, 0.3) is 10.9 Å². The third-order valence-corrected chi connectivity index (χ3v) is 4.69. The molecule has 164 valence electrons. The molecule has 1 heterocycles. The van der Waals surface area contributed by atoms with Gasteiger partial charge >= 0.3 is 6.18 Å². The van der Waals surface area contributed by atoms with Gasteiger partial charge in [0.2, 0.25) is 0 Å². The van der Waals surface area contributed by atoms with Gasteiger partial charge in [-0.3, -0.25) is 4.79 Å². The summed E-state index contributed by atoms with van der Waals surface area (Å²) in [6.45, 7) is 1.65. The number of nitrogens with one attached hydrogen (secondary N) is 2. The number of carbonyl (C=O) groups is 1. The maximum atomic E-state index is 13.8. The van der Waals surface area contributed by atoms with E-state index in [4.69, 9.17) is 4.74 Å². The molecule has 11 heteroatoms. The molecule has 1 unspecified atom stereocenters. The largest absolute Gasteiger partial charge is 0.479 e. The van der Waals surface area contributed by atoms with Crippen LogP contribution in [0.1, 0.15) is 12.5 Å². The van der Waals surface area contributed by atoms with Gasteiger partial charge in [-0.15, -0.1) is 0 Å². The third-order valence-electron chi connectivity index (χ3n) is 4.23. The molecular formula is C20H17BrF4N4O2. The summed E-state index contributed by atoms with van der Waals surface area (Å²) in [5.74, 6) is -1.27. The Morgan fingerprint density at radius 2 is 1.97 bits per heavy atom. The maximum absolute atomic E-state index is 13.8. The average molecular weight is 501 g/mol. The van der Waals surface area contributed by atoms with E-state index < -0.39 is 30.5 Å². The Bertz CT molecular complexity index is 1120. The van der Waals surface area contributed by atoms with E-state index in [1.807, 2.05) is 19.1 Å². The van der Waals surface area contributed by atoms with Gasteiger partial charge in [0.15, 0.2) is 6.10 Å². The number of aromatic nitrogens is 2. The molecule has 1 atom stereocenters. The Morgan fingerprint density at radius 1 is 1.23 bits per heavy atom. The number of anilines is 2. The number of nitrogens with zero attached hydrogens (tertiary/aromatic N) is 2. The number of ether oxygens (including phenoxy) is 1. The van der Waals surface area contributed by atoms with E-state index in [0.717, 1.165) is 21.5 Å². The van der Waals surface area contributed by atoms with E-state index in [1.54, 1.807) is 5.32 Å². The lowest BCUT2D eigenvalue weighted by Crippen LogP contribution is -2.41. The van der Waals surface area contributed by atoms with E-state index in [0.29, 0.717) is 11.3 Å². The van der Waals surface area contributed by atoms with Crippen LogP contribution in [0.5, 0.6) is 5.75 Å². The van der Waals surface area contributed by atoms with Crippen molar-refractivity contribution >= 4 is 44.2 Å². The van der Waals surface area contributed by atoms with Gasteiger partial charge in [0.1, 0.15) is 30.3 Å². The van der Waals surface area contributed by atoms with Gasteiger partial charge in [-0.05, 0) is 43.7 Å². The first-order valence-corrected chi connectivity index (χ1v) is 9.81. The minimum Gasteiger partial charge on any atom is -0.479 e. The molecule has 0 saturated carbocycles. The van der Waals surface area contributed by atoms with Crippen LogP contribution in [-0.2, 0) is 4.79 Å². The molecule has 0 saturated heterocycles. The summed E-state index contributed by atoms with van der Waals surface area (Å²) in [7, 11) is 0. The SMILES string of the molecule is Cc1cc(Br)cc2ncnc(Nc3ccc(F)cc3OC(C)C(=O)NCC(F)(F)F)c12. The zero-order valence-electron chi connectivity index (χ0n) is 16.3. The Labute approximate surface area is 183 Å². The maximum Gasteiger partial charge on any atom is 0.405 e. The minimum atomic E-state index is -4.55. The quantitative estimate of drug-likeness (QED) is 0.464. The van der Waals surface area contributed by atoms with Crippen molar-refractivity contribution in [1.29, 1.82) is 0 Å². The molecule has 1 aromatic heterocycles. The first kappa shape index (κ1) is 22.7. The molecule has 3 aromatic rings. The second-order valence-corrected chi connectivity index (χ2v) is 7.61. The highest BCUT2D eigenvalue weighted by molar-refractivity contribution is 9.10. The summed E-state index contributed by atoms with van der Waals surface area (Å²) in [4.78, 5) is 20.4. The lowest BCUT2D eigenvalue weighted by Gasteiger charge is -2.19. The highest BCUT2D eigenvalue weighted by Gasteiger charge is 2.29. The van der Waals surface area contributed by atoms with Crippen LogP contribution in [-0.4, -0.2) is 34.7 Å². The molecule has 0 aliphatic rings. The fourth-order valence-corrected chi connectivity index (χ4v) is 3.40. The number of rotatable bonds is 6. The molecule has 2 N–H and O–H groups in total. The van der Waals surface area contributed by atoms with Gasteiger partial charge in [0.05, 0.1) is 11.2 Å². The van der Waals surface area contributed by atoms with Crippen molar-refractivity contribution in [1.82, 2.24) is 15.3 Å². The fourth-order valence-electron chi connectivity index (χ4n) is 2.84. The molecule has 0 fully saturated rings. The van der Waals surface area contributed by atoms with Crippen molar-refractivity contribution < 1.29 is 27.1 Å². The van der Waals surface area contributed by atoms with Crippen molar-refractivity contribution in [2.45, 2.75) is 26.1 Å². The van der Waals surface area contributed by atoms with E-state index >= 15 is 0 Å². The average Bonchev–Trinajstić information content (AvgIpc) is 2.67. The second kappa shape index (κ2) is 9.04. The number of fused-ring (bicyclic) bond motifs is 1. The smallest absolute Gasteiger partial charge is 0.405 e. The highest BCUT2D eigenvalue weighted by Crippen LogP contribution is 2.33. The lowest BCUT2D eigenvalue weighted by molar-refractivity contribution is -0.142. The van der Waals surface area contributed by atoms with Crippen molar-refractivity contribution in [3.63, 3.8) is 0 Å². The summed E-state index contributed by atoms with van der Waals surface area (Å²) in [6.07, 6.45) is -4.50. The molecule has 0 aliphatic heterocycles. The molecule has 3 rings (SSSR count). The first-order valence-electron chi connectivity index (χ1n) is 9.02. The molecule has 2 aromatic carbocycles. The predicted molar refractivity (Wildman–Crippen MR) is 111 cm³/mol. The summed E-state index contributed by atoms with van der Waals surface area (Å²) >= 11 is 3.41. The molecule has 0 spiro atoms. The normalized spacial score (nSPS) is 12.5. The molecule has 0 aliphatic carbocycles. The number of halogens is 5.